The van der Waals surface area contributed by atoms with Gasteiger partial charge in [-0.1, -0.05) is 34.1 Å². The average Bonchev–Trinajstić information content (AvgIpc) is 2.78. The van der Waals surface area contributed by atoms with E-state index in [1.165, 1.54) is 19.3 Å². The molecular formula is C16H24N4. The van der Waals surface area contributed by atoms with Crippen LogP contribution in [0.15, 0.2) is 18.5 Å². The summed E-state index contributed by atoms with van der Waals surface area (Å²) in [6, 6.07) is 2.15. The lowest BCUT2D eigenvalue weighted by Crippen LogP contribution is -2.33. The first-order valence-corrected chi connectivity index (χ1v) is 7.46. The van der Waals surface area contributed by atoms with Crippen LogP contribution in [0.2, 0.25) is 0 Å². The van der Waals surface area contributed by atoms with Crippen LogP contribution in [0.3, 0.4) is 0 Å². The molecule has 1 saturated carbocycles. The van der Waals surface area contributed by atoms with E-state index in [0.29, 0.717) is 5.41 Å². The van der Waals surface area contributed by atoms with Crippen molar-refractivity contribution >= 4 is 11.3 Å². The number of fused-ring (bicyclic) bond motifs is 1. The first-order chi connectivity index (χ1) is 9.37. The highest BCUT2D eigenvalue weighted by atomic mass is 15.2. The molecule has 0 bridgehead atoms. The Bertz CT molecular complexity index is 617. The van der Waals surface area contributed by atoms with Crippen molar-refractivity contribution in [3.8, 4) is 0 Å². The predicted octanol–water partition coefficient (Wildman–Crippen LogP) is 3.63. The highest BCUT2D eigenvalue weighted by Gasteiger charge is 2.31. The Morgan fingerprint density at radius 1 is 1.35 bits per heavy atom. The van der Waals surface area contributed by atoms with Crippen LogP contribution in [0, 0.1) is 5.41 Å². The van der Waals surface area contributed by atoms with Crippen LogP contribution in [0.4, 0.5) is 5.82 Å². The molecular weight excluding hydrogens is 248 g/mol. The molecule has 3 rings (SSSR count). The molecule has 108 valence electrons. The number of hydrogen-bond donors (Lipinski definition) is 1. The summed E-state index contributed by atoms with van der Waals surface area (Å²) < 4.78 is 1.93. The van der Waals surface area contributed by atoms with Crippen molar-refractivity contribution < 1.29 is 0 Å². The fraction of sp³-hybridized carbons (Fsp3) is 0.625. The van der Waals surface area contributed by atoms with E-state index in [0.717, 1.165) is 23.6 Å². The number of nitrogens with one attached hydrogen (secondary N) is 1. The van der Waals surface area contributed by atoms with E-state index >= 15 is 0 Å². The molecule has 2 aromatic heterocycles. The molecule has 0 aliphatic heterocycles. The average molecular weight is 272 g/mol. The van der Waals surface area contributed by atoms with E-state index in [2.05, 4.69) is 49.2 Å². The van der Waals surface area contributed by atoms with Gasteiger partial charge in [-0.2, -0.15) is 5.10 Å². The van der Waals surface area contributed by atoms with Crippen molar-refractivity contribution in [3.63, 3.8) is 0 Å². The van der Waals surface area contributed by atoms with E-state index in [-0.39, 0.29) is 5.41 Å². The molecule has 4 heteroatoms. The fourth-order valence-corrected chi connectivity index (χ4v) is 2.68. The molecule has 2 heterocycles. The zero-order valence-corrected chi connectivity index (χ0v) is 12.9. The third-order valence-corrected chi connectivity index (χ3v) is 4.40. The molecule has 20 heavy (non-hydrogen) atoms. The van der Waals surface area contributed by atoms with E-state index < -0.39 is 0 Å². The van der Waals surface area contributed by atoms with E-state index in [9.17, 15) is 0 Å². The maximum Gasteiger partial charge on any atom is 0.152 e. The van der Waals surface area contributed by atoms with Crippen molar-refractivity contribution in [2.75, 3.05) is 11.9 Å². The summed E-state index contributed by atoms with van der Waals surface area (Å²) in [6.45, 7) is 9.90. The van der Waals surface area contributed by atoms with Gasteiger partial charge in [-0.25, -0.2) is 9.50 Å². The second-order valence-corrected chi connectivity index (χ2v) is 7.40. The molecule has 0 radical (unpaired) electrons. The standard InChI is InChI=1S/C16H24N4/c1-15(2,3)13-10-12-14(17-8-9-20(12)19-13)18-11-16(4)6-5-7-16/h8-10H,5-7,11H2,1-4H3,(H,17,18). The number of rotatable bonds is 3. The minimum absolute atomic E-state index is 0.0588. The largest absolute Gasteiger partial charge is 0.368 e. The predicted molar refractivity (Wildman–Crippen MR) is 82.1 cm³/mol. The minimum atomic E-state index is 0.0588. The monoisotopic (exact) mass is 272 g/mol. The summed E-state index contributed by atoms with van der Waals surface area (Å²) in [5.74, 6) is 0.948. The molecule has 2 aromatic rings. The van der Waals surface area contributed by atoms with Gasteiger partial charge in [0.15, 0.2) is 5.82 Å². The van der Waals surface area contributed by atoms with Crippen molar-refractivity contribution in [1.82, 2.24) is 14.6 Å². The maximum absolute atomic E-state index is 4.66. The van der Waals surface area contributed by atoms with Crippen LogP contribution < -0.4 is 5.32 Å². The zero-order chi connectivity index (χ0) is 14.4. The van der Waals surface area contributed by atoms with Gasteiger partial charge in [-0.3, -0.25) is 0 Å². The highest BCUT2D eigenvalue weighted by Crippen LogP contribution is 2.40. The van der Waals surface area contributed by atoms with Crippen LogP contribution in [-0.2, 0) is 5.41 Å². The summed E-state index contributed by atoms with van der Waals surface area (Å²) >= 11 is 0. The van der Waals surface area contributed by atoms with E-state index in [4.69, 9.17) is 0 Å². The van der Waals surface area contributed by atoms with Crippen LogP contribution >= 0.6 is 0 Å². The fourth-order valence-electron chi connectivity index (χ4n) is 2.68. The molecule has 1 aliphatic rings. The Morgan fingerprint density at radius 3 is 2.70 bits per heavy atom. The molecule has 0 spiro atoms. The molecule has 0 amide bonds. The molecule has 0 atom stereocenters. The van der Waals surface area contributed by atoms with Crippen LogP contribution in [0.1, 0.15) is 52.7 Å². The summed E-state index contributed by atoms with van der Waals surface area (Å²) in [5, 5.41) is 8.18. The third-order valence-electron chi connectivity index (χ3n) is 4.40. The van der Waals surface area contributed by atoms with E-state index in [1.807, 2.05) is 16.9 Å². The summed E-state index contributed by atoms with van der Waals surface area (Å²) in [5.41, 5.74) is 2.67. The highest BCUT2D eigenvalue weighted by molar-refractivity contribution is 5.68. The van der Waals surface area contributed by atoms with E-state index in [1.54, 1.807) is 0 Å². The number of aromatic nitrogens is 3. The van der Waals surface area contributed by atoms with Gasteiger partial charge >= 0.3 is 0 Å². The first kappa shape index (κ1) is 13.4. The molecule has 1 fully saturated rings. The molecule has 1 aliphatic carbocycles. The van der Waals surface area contributed by atoms with Crippen molar-refractivity contribution in [2.45, 2.75) is 52.4 Å². The van der Waals surface area contributed by atoms with Crippen LogP contribution in [-0.4, -0.2) is 21.1 Å². The normalized spacial score (nSPS) is 18.0. The maximum atomic E-state index is 4.66. The van der Waals surface area contributed by atoms with Gasteiger partial charge in [-0.15, -0.1) is 0 Å². The number of hydrogen-bond acceptors (Lipinski definition) is 3. The topological polar surface area (TPSA) is 42.2 Å². The van der Waals surface area contributed by atoms with Gasteiger partial charge in [-0.05, 0) is 24.3 Å². The smallest absolute Gasteiger partial charge is 0.152 e. The Morgan fingerprint density at radius 2 is 2.10 bits per heavy atom. The zero-order valence-electron chi connectivity index (χ0n) is 12.9. The first-order valence-electron chi connectivity index (χ1n) is 7.46. The van der Waals surface area contributed by atoms with Crippen LogP contribution in [0.5, 0.6) is 0 Å². The Kier molecular flexibility index (Phi) is 3.00. The minimum Gasteiger partial charge on any atom is -0.368 e. The lowest BCUT2D eigenvalue weighted by Gasteiger charge is -2.38. The Balaban J connectivity index is 1.88. The summed E-state index contributed by atoms with van der Waals surface area (Å²) in [6.07, 6.45) is 7.72. The SMILES string of the molecule is CC1(CNc2nccn3nc(C(C)(C)C)cc23)CCC1. The van der Waals surface area contributed by atoms with Crippen molar-refractivity contribution in [3.05, 3.63) is 24.2 Å². The Labute approximate surface area is 120 Å². The van der Waals surface area contributed by atoms with Crippen molar-refractivity contribution in [1.29, 1.82) is 0 Å². The van der Waals surface area contributed by atoms with Crippen molar-refractivity contribution in [2.24, 2.45) is 5.41 Å². The van der Waals surface area contributed by atoms with Gasteiger partial charge < -0.3 is 5.32 Å². The molecule has 0 saturated heterocycles. The van der Waals surface area contributed by atoms with Gasteiger partial charge in [0.05, 0.1) is 5.69 Å². The lowest BCUT2D eigenvalue weighted by atomic mass is 9.70. The lowest BCUT2D eigenvalue weighted by molar-refractivity contribution is 0.180. The Hall–Kier alpha value is -1.58. The number of anilines is 1. The molecule has 0 unspecified atom stereocenters. The molecule has 1 N–H and O–H groups in total. The second-order valence-electron chi connectivity index (χ2n) is 7.40. The quantitative estimate of drug-likeness (QED) is 0.927. The summed E-state index contributed by atoms with van der Waals surface area (Å²) in [7, 11) is 0. The second kappa shape index (κ2) is 4.47. The molecule has 0 aromatic carbocycles. The van der Waals surface area contributed by atoms with Gasteiger partial charge in [0, 0.05) is 24.4 Å². The third kappa shape index (κ3) is 2.39. The molecule has 4 nitrogen and oxygen atoms in total. The van der Waals surface area contributed by atoms with Gasteiger partial charge in [0.25, 0.3) is 0 Å². The number of nitrogens with zero attached hydrogens (tertiary/aromatic N) is 3. The van der Waals surface area contributed by atoms with Crippen LogP contribution in [0.25, 0.3) is 5.52 Å². The van der Waals surface area contributed by atoms with Gasteiger partial charge in [0.2, 0.25) is 0 Å². The van der Waals surface area contributed by atoms with Gasteiger partial charge in [0.1, 0.15) is 5.52 Å². The summed E-state index contributed by atoms with van der Waals surface area (Å²) in [4.78, 5) is 4.49.